The molecule has 34 heavy (non-hydrogen) atoms. The number of carbonyl (C=O) groups is 3. The maximum atomic E-state index is 13.6. The Balaban J connectivity index is 1.63. The molecule has 0 spiro atoms. The van der Waals surface area contributed by atoms with Crippen molar-refractivity contribution in [2.45, 2.75) is 25.1 Å². The van der Waals surface area contributed by atoms with Crippen LogP contribution in [-0.4, -0.2) is 41.0 Å². The third-order valence-corrected chi connectivity index (χ3v) is 6.83. The zero-order valence-corrected chi connectivity index (χ0v) is 18.8. The number of anilines is 1. The molecule has 7 heteroatoms. The highest BCUT2D eigenvalue weighted by Crippen LogP contribution is 2.48. The maximum Gasteiger partial charge on any atom is 0.263 e. The van der Waals surface area contributed by atoms with Crippen LogP contribution in [0.5, 0.6) is 5.75 Å². The lowest BCUT2D eigenvalue weighted by atomic mass is 9.71. The molecule has 7 nitrogen and oxygen atoms in total. The van der Waals surface area contributed by atoms with Gasteiger partial charge in [-0.2, -0.15) is 0 Å². The number of β-lactam (4-membered cyclic amide) rings is 1. The van der Waals surface area contributed by atoms with Gasteiger partial charge in [0.15, 0.2) is 0 Å². The summed E-state index contributed by atoms with van der Waals surface area (Å²) in [5.74, 6) is -1.73. The Labute approximate surface area is 197 Å². The molecule has 0 aliphatic carbocycles. The van der Waals surface area contributed by atoms with Crippen LogP contribution < -0.4 is 9.64 Å². The Morgan fingerprint density at radius 1 is 0.824 bits per heavy atom. The average Bonchev–Trinajstić information content (AvgIpc) is 3.13. The lowest BCUT2D eigenvalue weighted by Gasteiger charge is -2.55. The monoisotopic (exact) mass is 456 g/mol. The molecule has 0 radical (unpaired) electrons. The number of imide groups is 1. The summed E-state index contributed by atoms with van der Waals surface area (Å²) in [6.45, 7) is 1.79. The van der Waals surface area contributed by atoms with Crippen molar-refractivity contribution in [1.82, 2.24) is 4.90 Å². The first-order valence-corrected chi connectivity index (χ1v) is 11.1. The van der Waals surface area contributed by atoms with Gasteiger partial charge in [-0.25, -0.2) is 0 Å². The summed E-state index contributed by atoms with van der Waals surface area (Å²) in [6, 6.07) is 22.3. The van der Waals surface area contributed by atoms with Crippen molar-refractivity contribution in [2.75, 3.05) is 12.0 Å². The highest BCUT2D eigenvalue weighted by molar-refractivity contribution is 6.23. The number of hydrogen-bond donors (Lipinski definition) is 1. The van der Waals surface area contributed by atoms with Crippen LogP contribution in [0.25, 0.3) is 0 Å². The van der Waals surface area contributed by atoms with Crippen molar-refractivity contribution in [3.05, 3.63) is 95.6 Å². The van der Waals surface area contributed by atoms with Gasteiger partial charge < -0.3 is 9.84 Å². The highest BCUT2D eigenvalue weighted by Gasteiger charge is 2.63. The Bertz CT molecular complexity index is 1240. The fourth-order valence-electron chi connectivity index (χ4n) is 4.99. The SMILES string of the molecule is CCC(O)(c1ccccc1)[C@H]1C(=O)N(c2ccc(OC)cc2)[C@@H]1N1C(=O)c2ccccc2C1=O. The number of rotatable bonds is 6. The first kappa shape index (κ1) is 21.9. The van der Waals surface area contributed by atoms with Gasteiger partial charge in [0.25, 0.3) is 11.8 Å². The van der Waals surface area contributed by atoms with Crippen LogP contribution in [0.1, 0.15) is 39.6 Å². The molecular weight excluding hydrogens is 432 g/mol. The van der Waals surface area contributed by atoms with Crippen molar-refractivity contribution >= 4 is 23.4 Å². The standard InChI is InChI=1S/C27H24N2O5/c1-3-27(33,17-9-5-4-6-10-17)22-23(28(26(22)32)18-13-15-19(34-2)16-14-18)29-24(30)20-11-7-8-12-21(20)25(29)31/h4-16,22-23,33H,3H2,1-2H3/t22-,23-,27?/m1/s1. The fraction of sp³-hybridized carbons (Fsp3) is 0.222. The number of ether oxygens (including phenoxy) is 1. The maximum absolute atomic E-state index is 13.6. The number of hydrogen-bond acceptors (Lipinski definition) is 5. The summed E-state index contributed by atoms with van der Waals surface area (Å²) in [5.41, 5.74) is 0.0865. The first-order chi connectivity index (χ1) is 16.4. The van der Waals surface area contributed by atoms with Gasteiger partial charge in [0.2, 0.25) is 5.91 Å². The molecule has 0 saturated carbocycles. The Kier molecular flexibility index (Phi) is 5.21. The minimum absolute atomic E-state index is 0.226. The number of nitrogens with zero attached hydrogens (tertiary/aromatic N) is 2. The molecule has 3 aromatic rings. The van der Waals surface area contributed by atoms with Gasteiger partial charge >= 0.3 is 0 Å². The summed E-state index contributed by atoms with van der Waals surface area (Å²) in [5, 5.41) is 11.8. The van der Waals surface area contributed by atoms with Gasteiger partial charge in [-0.1, -0.05) is 49.4 Å². The van der Waals surface area contributed by atoms with Crippen LogP contribution in [0.3, 0.4) is 0 Å². The van der Waals surface area contributed by atoms with Crippen LogP contribution in [-0.2, 0) is 10.4 Å². The van der Waals surface area contributed by atoms with Crippen molar-refractivity contribution < 1.29 is 24.2 Å². The predicted molar refractivity (Wildman–Crippen MR) is 125 cm³/mol. The second kappa shape index (κ2) is 8.11. The van der Waals surface area contributed by atoms with Crippen LogP contribution in [0.2, 0.25) is 0 Å². The number of benzene rings is 3. The van der Waals surface area contributed by atoms with E-state index in [1.807, 2.05) is 6.07 Å². The Morgan fingerprint density at radius 2 is 1.38 bits per heavy atom. The molecular formula is C27H24N2O5. The predicted octanol–water partition coefficient (Wildman–Crippen LogP) is 3.58. The van der Waals surface area contributed by atoms with E-state index in [-0.39, 0.29) is 12.3 Å². The number of amides is 3. The largest absolute Gasteiger partial charge is 0.497 e. The number of methoxy groups -OCH3 is 1. The molecule has 1 unspecified atom stereocenters. The molecule has 1 saturated heterocycles. The van der Waals surface area contributed by atoms with E-state index in [4.69, 9.17) is 4.74 Å². The van der Waals surface area contributed by atoms with Crippen molar-refractivity contribution in [1.29, 1.82) is 0 Å². The molecule has 3 atom stereocenters. The zero-order chi connectivity index (χ0) is 24.0. The highest BCUT2D eigenvalue weighted by atomic mass is 16.5. The fourth-order valence-corrected chi connectivity index (χ4v) is 4.99. The van der Waals surface area contributed by atoms with E-state index in [1.54, 1.807) is 86.8 Å². The van der Waals surface area contributed by atoms with E-state index in [9.17, 15) is 19.5 Å². The summed E-state index contributed by atoms with van der Waals surface area (Å²) in [7, 11) is 1.54. The molecule has 0 bridgehead atoms. The average molecular weight is 456 g/mol. The lowest BCUT2D eigenvalue weighted by molar-refractivity contribution is -0.152. The van der Waals surface area contributed by atoms with Gasteiger partial charge in [0, 0.05) is 5.69 Å². The third-order valence-electron chi connectivity index (χ3n) is 6.83. The van der Waals surface area contributed by atoms with E-state index in [0.29, 0.717) is 28.1 Å². The molecule has 2 aliphatic heterocycles. The molecule has 172 valence electrons. The molecule has 3 aromatic carbocycles. The molecule has 1 fully saturated rings. The Morgan fingerprint density at radius 3 is 1.91 bits per heavy atom. The summed E-state index contributed by atoms with van der Waals surface area (Å²) in [4.78, 5) is 42.9. The van der Waals surface area contributed by atoms with Gasteiger partial charge in [-0.05, 0) is 48.4 Å². The normalized spacial score (nSPS) is 21.2. The molecule has 5 rings (SSSR count). The molecule has 1 N–H and O–H groups in total. The topological polar surface area (TPSA) is 87.2 Å². The van der Waals surface area contributed by atoms with Crippen molar-refractivity contribution in [2.24, 2.45) is 5.92 Å². The van der Waals surface area contributed by atoms with E-state index in [2.05, 4.69) is 0 Å². The minimum Gasteiger partial charge on any atom is -0.497 e. The van der Waals surface area contributed by atoms with Gasteiger partial charge in [-0.15, -0.1) is 0 Å². The van der Waals surface area contributed by atoms with Crippen LogP contribution >= 0.6 is 0 Å². The van der Waals surface area contributed by atoms with Gasteiger partial charge in [-0.3, -0.25) is 24.2 Å². The molecule has 0 aromatic heterocycles. The zero-order valence-electron chi connectivity index (χ0n) is 18.8. The van der Waals surface area contributed by atoms with Gasteiger partial charge in [0.05, 0.1) is 18.2 Å². The summed E-state index contributed by atoms with van der Waals surface area (Å²) < 4.78 is 5.22. The molecule has 2 heterocycles. The summed E-state index contributed by atoms with van der Waals surface area (Å²) >= 11 is 0. The smallest absolute Gasteiger partial charge is 0.263 e. The van der Waals surface area contributed by atoms with E-state index < -0.39 is 29.5 Å². The number of fused-ring (bicyclic) bond motifs is 1. The van der Waals surface area contributed by atoms with Gasteiger partial charge in [0.1, 0.15) is 23.4 Å². The minimum atomic E-state index is -1.57. The van der Waals surface area contributed by atoms with Crippen LogP contribution in [0.4, 0.5) is 5.69 Å². The Hall–Kier alpha value is -3.97. The van der Waals surface area contributed by atoms with E-state index in [1.165, 1.54) is 4.90 Å². The second-order valence-corrected chi connectivity index (χ2v) is 8.47. The molecule has 3 amide bonds. The number of aliphatic hydroxyl groups is 1. The van der Waals surface area contributed by atoms with E-state index in [0.717, 1.165) is 4.90 Å². The summed E-state index contributed by atoms with van der Waals surface area (Å²) in [6.07, 6.45) is -0.762. The van der Waals surface area contributed by atoms with Crippen molar-refractivity contribution in [3.63, 3.8) is 0 Å². The van der Waals surface area contributed by atoms with Crippen LogP contribution in [0.15, 0.2) is 78.9 Å². The third kappa shape index (κ3) is 3.04. The van der Waals surface area contributed by atoms with Crippen molar-refractivity contribution in [3.8, 4) is 5.75 Å². The molecule has 2 aliphatic rings. The van der Waals surface area contributed by atoms with Crippen LogP contribution in [0, 0.1) is 5.92 Å². The number of carbonyl (C=O) groups excluding carboxylic acids is 3. The lowest BCUT2D eigenvalue weighted by Crippen LogP contribution is -2.74. The van der Waals surface area contributed by atoms with E-state index >= 15 is 0 Å². The quantitative estimate of drug-likeness (QED) is 0.453. The second-order valence-electron chi connectivity index (χ2n) is 8.47. The first-order valence-electron chi connectivity index (χ1n) is 11.1.